The highest BCUT2D eigenvalue weighted by Gasteiger charge is 2.23. The Balaban J connectivity index is 1.58. The number of aromatic hydroxyl groups is 1. The van der Waals surface area contributed by atoms with Crippen LogP contribution in [0.5, 0.6) is 5.75 Å². The molecule has 0 atom stereocenters. The van der Waals surface area contributed by atoms with Crippen molar-refractivity contribution < 1.29 is 9.90 Å². The second kappa shape index (κ2) is 6.62. The van der Waals surface area contributed by atoms with Crippen LogP contribution in [0.3, 0.4) is 0 Å². The Morgan fingerprint density at radius 3 is 2.23 bits per heavy atom. The van der Waals surface area contributed by atoms with Crippen LogP contribution in [-0.4, -0.2) is 47.0 Å². The van der Waals surface area contributed by atoms with Gasteiger partial charge in [-0.3, -0.25) is 9.69 Å². The average molecular weight is 296 g/mol. The van der Waals surface area contributed by atoms with E-state index in [0.717, 1.165) is 19.6 Å². The van der Waals surface area contributed by atoms with Crippen molar-refractivity contribution in [1.82, 2.24) is 9.80 Å². The van der Waals surface area contributed by atoms with E-state index in [4.69, 9.17) is 0 Å². The molecule has 0 bridgehead atoms. The lowest BCUT2D eigenvalue weighted by Gasteiger charge is -2.34. The van der Waals surface area contributed by atoms with E-state index < -0.39 is 0 Å². The van der Waals surface area contributed by atoms with Gasteiger partial charge in [0.1, 0.15) is 5.75 Å². The summed E-state index contributed by atoms with van der Waals surface area (Å²) in [5.74, 6) is -0.0309. The second-order valence-corrected chi connectivity index (χ2v) is 5.57. The Bertz CT molecular complexity index is 635. The minimum atomic E-state index is -0.0857. The van der Waals surface area contributed by atoms with E-state index in [1.54, 1.807) is 24.3 Å². The summed E-state index contributed by atoms with van der Waals surface area (Å²) in [6.45, 7) is 4.02. The molecule has 0 radical (unpaired) electrons. The summed E-state index contributed by atoms with van der Waals surface area (Å²) in [5, 5.41) is 9.80. The lowest BCUT2D eigenvalue weighted by molar-refractivity contribution is 0.0625. The number of phenols is 1. The van der Waals surface area contributed by atoms with Crippen LogP contribution in [0.4, 0.5) is 0 Å². The summed E-state index contributed by atoms with van der Waals surface area (Å²) in [6, 6.07) is 17.1. The topological polar surface area (TPSA) is 43.8 Å². The third kappa shape index (κ3) is 3.28. The highest BCUT2D eigenvalue weighted by Crippen LogP contribution is 2.19. The van der Waals surface area contributed by atoms with Gasteiger partial charge in [-0.2, -0.15) is 0 Å². The molecule has 4 heteroatoms. The number of amides is 1. The number of carbonyl (C=O) groups excluding carboxylic acids is 1. The highest BCUT2D eigenvalue weighted by atomic mass is 16.3. The molecule has 114 valence electrons. The zero-order valence-electron chi connectivity index (χ0n) is 12.5. The Hall–Kier alpha value is -2.33. The van der Waals surface area contributed by atoms with Crippen LogP contribution in [0.25, 0.3) is 0 Å². The van der Waals surface area contributed by atoms with Gasteiger partial charge in [0.05, 0.1) is 5.56 Å². The van der Waals surface area contributed by atoms with E-state index in [1.807, 2.05) is 23.1 Å². The Labute approximate surface area is 130 Å². The molecule has 2 aromatic carbocycles. The molecule has 1 N–H and O–H groups in total. The summed E-state index contributed by atoms with van der Waals surface area (Å²) in [5.41, 5.74) is 1.68. The minimum Gasteiger partial charge on any atom is -0.507 e. The number of piperazine rings is 1. The number of rotatable bonds is 3. The number of hydrogen-bond donors (Lipinski definition) is 1. The van der Waals surface area contributed by atoms with Crippen LogP contribution >= 0.6 is 0 Å². The molecule has 1 fully saturated rings. The van der Waals surface area contributed by atoms with Crippen molar-refractivity contribution in [2.75, 3.05) is 26.2 Å². The quantitative estimate of drug-likeness (QED) is 0.945. The van der Waals surface area contributed by atoms with E-state index in [1.165, 1.54) is 5.56 Å². The molecule has 0 saturated carbocycles. The number of nitrogens with zero attached hydrogens (tertiary/aromatic N) is 2. The normalized spacial score (nSPS) is 15.7. The lowest BCUT2D eigenvalue weighted by atomic mass is 10.1. The summed E-state index contributed by atoms with van der Waals surface area (Å²) in [7, 11) is 0. The summed E-state index contributed by atoms with van der Waals surface area (Å²) >= 11 is 0. The van der Waals surface area contributed by atoms with Gasteiger partial charge in [0, 0.05) is 32.7 Å². The Morgan fingerprint density at radius 2 is 1.55 bits per heavy atom. The second-order valence-electron chi connectivity index (χ2n) is 5.57. The molecule has 4 nitrogen and oxygen atoms in total. The molecule has 0 aromatic heterocycles. The molecular formula is C18H20N2O2. The molecule has 2 aromatic rings. The maximum absolute atomic E-state index is 12.4. The number of hydrogen-bond acceptors (Lipinski definition) is 3. The SMILES string of the molecule is O=C(c1ccccc1O)N1CCN(Cc2ccccc2)CC1. The first kappa shape index (κ1) is 14.6. The van der Waals surface area contributed by atoms with Crippen LogP contribution in [0.1, 0.15) is 15.9 Å². The van der Waals surface area contributed by atoms with Crippen molar-refractivity contribution in [3.05, 3.63) is 65.7 Å². The van der Waals surface area contributed by atoms with Crippen LogP contribution in [0.15, 0.2) is 54.6 Å². The Kier molecular flexibility index (Phi) is 4.39. The first-order valence-corrected chi connectivity index (χ1v) is 7.57. The number of phenolic OH excluding ortho intramolecular Hbond substituents is 1. The van der Waals surface area contributed by atoms with E-state index in [0.29, 0.717) is 18.7 Å². The van der Waals surface area contributed by atoms with Crippen LogP contribution in [-0.2, 0) is 6.54 Å². The van der Waals surface area contributed by atoms with Crippen molar-refractivity contribution in [2.45, 2.75) is 6.54 Å². The molecule has 1 amide bonds. The van der Waals surface area contributed by atoms with Gasteiger partial charge in [0.15, 0.2) is 0 Å². The summed E-state index contributed by atoms with van der Waals surface area (Å²) in [6.07, 6.45) is 0. The molecule has 1 heterocycles. The molecule has 0 aliphatic carbocycles. The Morgan fingerprint density at radius 1 is 0.909 bits per heavy atom. The van der Waals surface area contributed by atoms with Crippen LogP contribution in [0, 0.1) is 0 Å². The third-order valence-corrected chi connectivity index (χ3v) is 4.04. The van der Waals surface area contributed by atoms with Gasteiger partial charge in [-0.1, -0.05) is 42.5 Å². The fraction of sp³-hybridized carbons (Fsp3) is 0.278. The monoisotopic (exact) mass is 296 g/mol. The molecule has 0 unspecified atom stereocenters. The van der Waals surface area contributed by atoms with Crippen LogP contribution in [0.2, 0.25) is 0 Å². The largest absolute Gasteiger partial charge is 0.507 e. The van der Waals surface area contributed by atoms with E-state index in [9.17, 15) is 9.90 Å². The van der Waals surface area contributed by atoms with E-state index >= 15 is 0 Å². The molecule has 22 heavy (non-hydrogen) atoms. The van der Waals surface area contributed by atoms with Gasteiger partial charge in [-0.05, 0) is 17.7 Å². The van der Waals surface area contributed by atoms with Crippen molar-refractivity contribution >= 4 is 5.91 Å². The molecule has 1 aliphatic heterocycles. The lowest BCUT2D eigenvalue weighted by Crippen LogP contribution is -2.48. The van der Waals surface area contributed by atoms with Crippen molar-refractivity contribution in [2.24, 2.45) is 0 Å². The first-order valence-electron chi connectivity index (χ1n) is 7.57. The van der Waals surface area contributed by atoms with Gasteiger partial charge in [-0.15, -0.1) is 0 Å². The van der Waals surface area contributed by atoms with Gasteiger partial charge < -0.3 is 10.0 Å². The third-order valence-electron chi connectivity index (χ3n) is 4.04. The van der Waals surface area contributed by atoms with Crippen LogP contribution < -0.4 is 0 Å². The van der Waals surface area contributed by atoms with Crippen molar-refractivity contribution in [3.8, 4) is 5.75 Å². The maximum atomic E-state index is 12.4. The van der Waals surface area contributed by atoms with Crippen molar-refractivity contribution in [1.29, 1.82) is 0 Å². The van der Waals surface area contributed by atoms with Crippen molar-refractivity contribution in [3.63, 3.8) is 0 Å². The van der Waals surface area contributed by atoms with Gasteiger partial charge in [-0.25, -0.2) is 0 Å². The fourth-order valence-electron chi connectivity index (χ4n) is 2.78. The molecule has 1 saturated heterocycles. The highest BCUT2D eigenvalue weighted by molar-refractivity contribution is 5.96. The summed E-state index contributed by atoms with van der Waals surface area (Å²) in [4.78, 5) is 16.6. The number of para-hydroxylation sites is 1. The zero-order chi connectivity index (χ0) is 15.4. The van der Waals surface area contributed by atoms with Gasteiger partial charge in [0.2, 0.25) is 0 Å². The number of carbonyl (C=O) groups is 1. The standard InChI is InChI=1S/C18H20N2O2/c21-17-9-5-4-8-16(17)18(22)20-12-10-19(11-13-20)14-15-6-2-1-3-7-15/h1-9,21H,10-14H2. The van der Waals surface area contributed by atoms with Gasteiger partial charge in [0.25, 0.3) is 5.91 Å². The average Bonchev–Trinajstić information content (AvgIpc) is 2.56. The zero-order valence-corrected chi connectivity index (χ0v) is 12.5. The number of benzene rings is 2. The molecule has 0 spiro atoms. The molecular weight excluding hydrogens is 276 g/mol. The van der Waals surface area contributed by atoms with E-state index in [2.05, 4.69) is 17.0 Å². The fourth-order valence-corrected chi connectivity index (χ4v) is 2.78. The predicted octanol–water partition coefficient (Wildman–Crippen LogP) is 2.35. The predicted molar refractivity (Wildman–Crippen MR) is 85.7 cm³/mol. The maximum Gasteiger partial charge on any atom is 0.257 e. The molecule has 3 rings (SSSR count). The van der Waals surface area contributed by atoms with E-state index in [-0.39, 0.29) is 11.7 Å². The molecule has 1 aliphatic rings. The first-order chi connectivity index (χ1) is 10.7. The smallest absolute Gasteiger partial charge is 0.257 e. The summed E-state index contributed by atoms with van der Waals surface area (Å²) < 4.78 is 0. The minimum absolute atomic E-state index is 0.0548. The van der Waals surface area contributed by atoms with Gasteiger partial charge >= 0.3 is 0 Å².